The molecule has 2 N–H and O–H groups in total. The van der Waals surface area contributed by atoms with Gasteiger partial charge in [-0.15, -0.1) is 0 Å². The average Bonchev–Trinajstić information content (AvgIpc) is 2.86. The molecule has 0 spiro atoms. The van der Waals surface area contributed by atoms with Gasteiger partial charge in [0, 0.05) is 17.3 Å². The highest BCUT2D eigenvalue weighted by Crippen LogP contribution is 2.37. The SMILES string of the molecule is Cc1c(F)c(Cl)cc(Sc2nc(C)c3c(N)nccn23)c1CC(C)C. The van der Waals surface area contributed by atoms with E-state index in [9.17, 15) is 4.39 Å². The Kier molecular flexibility index (Phi) is 4.93. The molecule has 4 nitrogen and oxygen atoms in total. The van der Waals surface area contributed by atoms with Crippen LogP contribution in [-0.4, -0.2) is 14.4 Å². The van der Waals surface area contributed by atoms with Gasteiger partial charge in [0.15, 0.2) is 5.16 Å². The zero-order chi connectivity index (χ0) is 18.3. The molecule has 0 amide bonds. The first kappa shape index (κ1) is 18.0. The zero-order valence-electron chi connectivity index (χ0n) is 14.6. The van der Waals surface area contributed by atoms with Crippen molar-refractivity contribution in [1.29, 1.82) is 0 Å². The van der Waals surface area contributed by atoms with Crippen LogP contribution >= 0.6 is 23.4 Å². The number of rotatable bonds is 4. The largest absolute Gasteiger partial charge is 0.382 e. The van der Waals surface area contributed by atoms with Crippen LogP contribution in [0, 0.1) is 25.6 Å². The van der Waals surface area contributed by atoms with Crippen molar-refractivity contribution in [3.05, 3.63) is 46.1 Å². The second-order valence-corrected chi connectivity index (χ2v) is 7.90. The van der Waals surface area contributed by atoms with E-state index in [0.29, 0.717) is 17.3 Å². The van der Waals surface area contributed by atoms with Crippen molar-refractivity contribution in [2.45, 2.75) is 44.2 Å². The lowest BCUT2D eigenvalue weighted by atomic mass is 9.98. The predicted molar refractivity (Wildman–Crippen MR) is 101 cm³/mol. The number of aromatic nitrogens is 3. The van der Waals surface area contributed by atoms with Crippen LogP contribution in [0.2, 0.25) is 5.02 Å². The summed E-state index contributed by atoms with van der Waals surface area (Å²) in [6, 6.07) is 1.69. The minimum absolute atomic E-state index is 0.131. The monoisotopic (exact) mass is 378 g/mol. The first-order valence-corrected chi connectivity index (χ1v) is 9.23. The normalized spacial score (nSPS) is 11.6. The number of imidazole rings is 1. The number of nitrogens with zero attached hydrogens (tertiary/aromatic N) is 3. The number of benzene rings is 1. The van der Waals surface area contributed by atoms with Crippen LogP contribution in [-0.2, 0) is 6.42 Å². The molecule has 2 aromatic heterocycles. The number of halogens is 2. The van der Waals surface area contributed by atoms with Crippen LogP contribution in [0.1, 0.15) is 30.7 Å². The van der Waals surface area contributed by atoms with Gasteiger partial charge < -0.3 is 5.73 Å². The van der Waals surface area contributed by atoms with Crippen molar-refractivity contribution in [3.8, 4) is 0 Å². The van der Waals surface area contributed by atoms with Crippen molar-refractivity contribution >= 4 is 34.7 Å². The number of fused-ring (bicyclic) bond motifs is 1. The lowest BCUT2D eigenvalue weighted by Crippen LogP contribution is -2.03. The Hall–Kier alpha value is -1.79. The molecule has 7 heteroatoms. The van der Waals surface area contributed by atoms with Crippen molar-refractivity contribution in [3.63, 3.8) is 0 Å². The summed E-state index contributed by atoms with van der Waals surface area (Å²) in [5.74, 6) is 0.492. The molecular formula is C18H20ClFN4S. The van der Waals surface area contributed by atoms with Gasteiger partial charge in [-0.1, -0.05) is 37.2 Å². The second-order valence-electron chi connectivity index (χ2n) is 6.48. The van der Waals surface area contributed by atoms with Gasteiger partial charge in [0.2, 0.25) is 0 Å². The molecule has 0 radical (unpaired) electrons. The topological polar surface area (TPSA) is 56.2 Å². The molecule has 0 saturated heterocycles. The Morgan fingerprint density at radius 3 is 2.76 bits per heavy atom. The summed E-state index contributed by atoms with van der Waals surface area (Å²) in [5, 5.41) is 0.889. The van der Waals surface area contributed by atoms with Gasteiger partial charge in [-0.05, 0) is 43.4 Å². The van der Waals surface area contributed by atoms with Gasteiger partial charge in [-0.3, -0.25) is 4.40 Å². The van der Waals surface area contributed by atoms with Gasteiger partial charge in [-0.2, -0.15) is 0 Å². The highest BCUT2D eigenvalue weighted by molar-refractivity contribution is 7.99. The summed E-state index contributed by atoms with van der Waals surface area (Å²) >= 11 is 7.57. The third kappa shape index (κ3) is 3.33. The number of anilines is 1. The third-order valence-corrected chi connectivity index (χ3v) is 5.42. The van der Waals surface area contributed by atoms with Gasteiger partial charge in [-0.25, -0.2) is 14.4 Å². The Morgan fingerprint density at radius 1 is 1.36 bits per heavy atom. The number of nitrogens with two attached hydrogens (primary N) is 1. The minimum atomic E-state index is -0.348. The molecular weight excluding hydrogens is 359 g/mol. The van der Waals surface area contributed by atoms with Crippen LogP contribution in [0.25, 0.3) is 5.52 Å². The maximum atomic E-state index is 14.3. The molecule has 0 atom stereocenters. The van der Waals surface area contributed by atoms with Crippen LogP contribution in [0.5, 0.6) is 0 Å². The highest BCUT2D eigenvalue weighted by atomic mass is 35.5. The van der Waals surface area contributed by atoms with E-state index < -0.39 is 0 Å². The van der Waals surface area contributed by atoms with Crippen LogP contribution in [0.3, 0.4) is 0 Å². The molecule has 2 heterocycles. The standard InChI is InChI=1S/C18H20ClFN4S/c1-9(2)7-12-10(3)15(20)13(19)8-14(12)25-18-23-11(4)16-17(21)22-5-6-24(16)18/h5-6,8-9H,7H2,1-4H3,(H2,21,22). The molecule has 3 rings (SSSR count). The molecule has 132 valence electrons. The zero-order valence-corrected chi connectivity index (χ0v) is 16.2. The summed E-state index contributed by atoms with van der Waals surface area (Å²) in [4.78, 5) is 9.66. The number of aryl methyl sites for hydroxylation is 1. The van der Waals surface area contributed by atoms with E-state index in [1.807, 2.05) is 17.5 Å². The van der Waals surface area contributed by atoms with Gasteiger partial charge in [0.1, 0.15) is 17.2 Å². The molecule has 3 aromatic rings. The van der Waals surface area contributed by atoms with E-state index in [1.165, 1.54) is 11.8 Å². The Bertz CT molecular complexity index is 952. The molecule has 0 aliphatic heterocycles. The van der Waals surface area contributed by atoms with Crippen LogP contribution < -0.4 is 5.73 Å². The summed E-state index contributed by atoms with van der Waals surface area (Å²) in [6.07, 6.45) is 4.24. The van der Waals surface area contributed by atoms with Crippen molar-refractivity contribution < 1.29 is 4.39 Å². The molecule has 0 bridgehead atoms. The third-order valence-electron chi connectivity index (χ3n) is 4.09. The molecule has 1 aromatic carbocycles. The summed E-state index contributed by atoms with van der Waals surface area (Å²) in [5.41, 5.74) is 9.15. The van der Waals surface area contributed by atoms with E-state index >= 15 is 0 Å². The number of hydrogen-bond acceptors (Lipinski definition) is 4. The molecule has 0 aliphatic rings. The predicted octanol–water partition coefficient (Wildman–Crippen LogP) is 5.07. The molecule has 0 saturated carbocycles. The molecule has 25 heavy (non-hydrogen) atoms. The van der Waals surface area contributed by atoms with E-state index in [2.05, 4.69) is 23.8 Å². The summed E-state index contributed by atoms with van der Waals surface area (Å²) in [6.45, 7) is 7.90. The Balaban J connectivity index is 2.14. The molecule has 0 aliphatic carbocycles. The second kappa shape index (κ2) is 6.84. The van der Waals surface area contributed by atoms with Crippen molar-refractivity contribution in [2.75, 3.05) is 5.73 Å². The maximum Gasteiger partial charge on any atom is 0.177 e. The Labute approximate surface area is 155 Å². The Morgan fingerprint density at radius 2 is 2.08 bits per heavy atom. The molecule has 0 unspecified atom stereocenters. The van der Waals surface area contributed by atoms with E-state index in [-0.39, 0.29) is 10.8 Å². The number of nitrogen functional groups attached to an aromatic ring is 1. The quantitative estimate of drug-likeness (QED) is 0.688. The fourth-order valence-corrected chi connectivity index (χ4v) is 4.38. The van der Waals surface area contributed by atoms with Crippen molar-refractivity contribution in [2.24, 2.45) is 5.92 Å². The fourth-order valence-electron chi connectivity index (χ4n) is 2.89. The maximum absolute atomic E-state index is 14.3. The summed E-state index contributed by atoms with van der Waals surface area (Å²) in [7, 11) is 0. The van der Waals surface area contributed by atoms with E-state index in [0.717, 1.165) is 33.2 Å². The average molecular weight is 379 g/mol. The highest BCUT2D eigenvalue weighted by Gasteiger charge is 2.19. The lowest BCUT2D eigenvalue weighted by molar-refractivity contribution is 0.597. The van der Waals surface area contributed by atoms with Gasteiger partial charge in [0.25, 0.3) is 0 Å². The van der Waals surface area contributed by atoms with E-state index in [4.69, 9.17) is 17.3 Å². The minimum Gasteiger partial charge on any atom is -0.382 e. The van der Waals surface area contributed by atoms with Crippen LogP contribution in [0.15, 0.2) is 28.5 Å². The van der Waals surface area contributed by atoms with Gasteiger partial charge in [0.05, 0.1) is 10.7 Å². The van der Waals surface area contributed by atoms with Gasteiger partial charge >= 0.3 is 0 Å². The number of hydrogen-bond donors (Lipinski definition) is 1. The first-order chi connectivity index (χ1) is 11.8. The fraction of sp³-hybridized carbons (Fsp3) is 0.333. The summed E-state index contributed by atoms with van der Waals surface area (Å²) < 4.78 is 16.2. The first-order valence-electron chi connectivity index (χ1n) is 8.04. The van der Waals surface area contributed by atoms with Crippen LogP contribution in [0.4, 0.5) is 10.2 Å². The molecule has 0 fully saturated rings. The van der Waals surface area contributed by atoms with Crippen molar-refractivity contribution in [1.82, 2.24) is 14.4 Å². The smallest absolute Gasteiger partial charge is 0.177 e. The lowest BCUT2D eigenvalue weighted by Gasteiger charge is -2.15. The van der Waals surface area contributed by atoms with E-state index in [1.54, 1.807) is 19.2 Å².